The van der Waals surface area contributed by atoms with Crippen molar-refractivity contribution in [2.24, 2.45) is 0 Å². The molecule has 3 amide bonds. The van der Waals surface area contributed by atoms with E-state index in [0.29, 0.717) is 29.2 Å². The van der Waals surface area contributed by atoms with Crippen molar-refractivity contribution < 1.29 is 23.5 Å². The van der Waals surface area contributed by atoms with Gasteiger partial charge in [0.15, 0.2) is 6.10 Å². The molecule has 2 rings (SSSR count). The molecule has 114 valence electrons. The fraction of sp³-hybridized carbons (Fsp3) is 0.500. The summed E-state index contributed by atoms with van der Waals surface area (Å²) in [5.41, 5.74) is 1.02. The number of rotatable bonds is 3. The molecule has 1 saturated heterocycles. The van der Waals surface area contributed by atoms with Gasteiger partial charge in [-0.15, -0.1) is 0 Å². The first-order valence-corrected chi connectivity index (χ1v) is 6.69. The zero-order valence-corrected chi connectivity index (χ0v) is 12.5. The number of hydrogen-bond acceptors (Lipinski definition) is 5. The Hall–Kier alpha value is -2.31. The molecule has 1 aromatic rings. The first-order valence-electron chi connectivity index (χ1n) is 6.69. The summed E-state index contributed by atoms with van der Waals surface area (Å²) in [5.74, 6) is -0.0675. The van der Waals surface area contributed by atoms with Crippen molar-refractivity contribution in [1.82, 2.24) is 10.2 Å². The molecular weight excluding hydrogens is 276 g/mol. The Morgan fingerprint density at radius 3 is 2.43 bits per heavy atom. The molecule has 0 unspecified atom stereocenters. The summed E-state index contributed by atoms with van der Waals surface area (Å²) in [6, 6.07) is -0.464. The van der Waals surface area contributed by atoms with Crippen LogP contribution < -0.4 is 5.32 Å². The highest BCUT2D eigenvalue weighted by molar-refractivity contribution is 6.00. The summed E-state index contributed by atoms with van der Waals surface area (Å²) in [5, 5.41) is 2.52. The number of nitrogens with zero attached hydrogens (tertiary/aromatic N) is 1. The van der Waals surface area contributed by atoms with Crippen LogP contribution in [0, 0.1) is 20.8 Å². The molecule has 0 spiro atoms. The molecule has 2 heterocycles. The van der Waals surface area contributed by atoms with Gasteiger partial charge in [0.1, 0.15) is 17.1 Å². The molecule has 21 heavy (non-hydrogen) atoms. The van der Waals surface area contributed by atoms with Crippen LogP contribution in [0.1, 0.15) is 34.4 Å². The van der Waals surface area contributed by atoms with Crippen LogP contribution in [0.5, 0.6) is 0 Å². The van der Waals surface area contributed by atoms with E-state index in [9.17, 15) is 14.4 Å². The first kappa shape index (κ1) is 15.1. The minimum Gasteiger partial charge on any atom is -0.465 e. The van der Waals surface area contributed by atoms with Gasteiger partial charge in [-0.3, -0.25) is 9.69 Å². The number of esters is 1. The summed E-state index contributed by atoms with van der Waals surface area (Å²) >= 11 is 0. The Morgan fingerprint density at radius 2 is 1.95 bits per heavy atom. The quantitative estimate of drug-likeness (QED) is 0.849. The van der Waals surface area contributed by atoms with Gasteiger partial charge in [-0.1, -0.05) is 0 Å². The molecule has 0 aliphatic carbocycles. The Labute approximate surface area is 122 Å². The minimum absolute atomic E-state index is 0.280. The molecule has 0 aromatic carbocycles. The average molecular weight is 294 g/mol. The average Bonchev–Trinajstić information content (AvgIpc) is 2.93. The maximum Gasteiger partial charge on any atom is 0.342 e. The zero-order chi connectivity index (χ0) is 15.7. The molecule has 0 saturated carbocycles. The zero-order valence-electron chi connectivity index (χ0n) is 12.5. The lowest BCUT2D eigenvalue weighted by Gasteiger charge is -2.18. The molecule has 0 radical (unpaired) electrons. The SMILES string of the molecule is Cc1oc(C)c(C(=O)O[C@@H](C)C(=O)N2CCNC2=O)c1C. The van der Waals surface area contributed by atoms with Crippen LogP contribution in [0.3, 0.4) is 0 Å². The van der Waals surface area contributed by atoms with Crippen molar-refractivity contribution in [3.63, 3.8) is 0 Å². The van der Waals surface area contributed by atoms with E-state index in [4.69, 9.17) is 9.15 Å². The van der Waals surface area contributed by atoms with Crippen molar-refractivity contribution >= 4 is 17.9 Å². The van der Waals surface area contributed by atoms with Crippen LogP contribution in [-0.2, 0) is 9.53 Å². The number of carbonyl (C=O) groups excluding carboxylic acids is 3. The van der Waals surface area contributed by atoms with E-state index < -0.39 is 24.0 Å². The second kappa shape index (κ2) is 5.59. The number of nitrogens with one attached hydrogen (secondary N) is 1. The third kappa shape index (κ3) is 2.76. The van der Waals surface area contributed by atoms with E-state index in [-0.39, 0.29) is 6.54 Å². The van der Waals surface area contributed by atoms with Gasteiger partial charge in [0.25, 0.3) is 5.91 Å². The lowest BCUT2D eigenvalue weighted by molar-refractivity contribution is -0.136. The summed E-state index contributed by atoms with van der Waals surface area (Å²) in [7, 11) is 0. The highest BCUT2D eigenvalue weighted by atomic mass is 16.5. The molecule has 1 aliphatic rings. The van der Waals surface area contributed by atoms with Crippen molar-refractivity contribution in [2.45, 2.75) is 33.8 Å². The molecule has 7 nitrogen and oxygen atoms in total. The summed E-state index contributed by atoms with van der Waals surface area (Å²) < 4.78 is 10.5. The lowest BCUT2D eigenvalue weighted by atomic mass is 10.1. The number of urea groups is 1. The maximum atomic E-state index is 12.2. The van der Waals surface area contributed by atoms with Gasteiger partial charge >= 0.3 is 12.0 Å². The third-order valence-electron chi connectivity index (χ3n) is 3.52. The van der Waals surface area contributed by atoms with Crippen LogP contribution in [0.15, 0.2) is 4.42 Å². The number of imide groups is 1. The van der Waals surface area contributed by atoms with Crippen LogP contribution in [0.2, 0.25) is 0 Å². The molecule has 1 aliphatic heterocycles. The molecule has 1 fully saturated rings. The summed E-state index contributed by atoms with van der Waals surface area (Å²) in [6.07, 6.45) is -1.03. The van der Waals surface area contributed by atoms with Gasteiger partial charge in [0, 0.05) is 18.7 Å². The smallest absolute Gasteiger partial charge is 0.342 e. The summed E-state index contributed by atoms with van der Waals surface area (Å²) in [6.45, 7) is 7.30. The number of hydrogen-bond donors (Lipinski definition) is 1. The molecule has 1 atom stereocenters. The minimum atomic E-state index is -1.03. The molecular formula is C14H18N2O5. The number of carbonyl (C=O) groups is 3. The number of aryl methyl sites for hydroxylation is 2. The molecule has 0 bridgehead atoms. The van der Waals surface area contributed by atoms with Gasteiger partial charge in [-0.05, 0) is 27.7 Å². The lowest BCUT2D eigenvalue weighted by Crippen LogP contribution is -2.41. The van der Waals surface area contributed by atoms with Crippen LogP contribution in [0.4, 0.5) is 4.79 Å². The number of amides is 3. The maximum absolute atomic E-state index is 12.2. The Bertz CT molecular complexity index is 605. The van der Waals surface area contributed by atoms with Gasteiger partial charge in [-0.25, -0.2) is 9.59 Å². The standard InChI is InChI=1S/C14H18N2O5/c1-7-8(2)20-9(3)11(7)13(18)21-10(4)12(17)16-6-5-15-14(16)19/h10H,5-6H2,1-4H3,(H,15,19)/t10-/m0/s1. The Morgan fingerprint density at radius 1 is 1.29 bits per heavy atom. The van der Waals surface area contributed by atoms with Crippen molar-refractivity contribution in [3.8, 4) is 0 Å². The third-order valence-corrected chi connectivity index (χ3v) is 3.52. The Kier molecular flexibility index (Phi) is 4.02. The topological polar surface area (TPSA) is 88.8 Å². The van der Waals surface area contributed by atoms with Gasteiger partial charge in [-0.2, -0.15) is 0 Å². The largest absolute Gasteiger partial charge is 0.465 e. The second-order valence-corrected chi connectivity index (χ2v) is 4.98. The number of furan rings is 1. The monoisotopic (exact) mass is 294 g/mol. The van der Waals surface area contributed by atoms with E-state index in [1.165, 1.54) is 6.92 Å². The molecule has 1 aromatic heterocycles. The second-order valence-electron chi connectivity index (χ2n) is 4.98. The van der Waals surface area contributed by atoms with E-state index in [0.717, 1.165) is 4.90 Å². The predicted octanol–water partition coefficient (Wildman–Crippen LogP) is 1.30. The van der Waals surface area contributed by atoms with E-state index in [1.54, 1.807) is 20.8 Å². The molecule has 1 N–H and O–H groups in total. The van der Waals surface area contributed by atoms with Crippen LogP contribution >= 0.6 is 0 Å². The normalized spacial score (nSPS) is 15.8. The fourth-order valence-corrected chi connectivity index (χ4v) is 2.27. The van der Waals surface area contributed by atoms with Crippen LogP contribution in [0.25, 0.3) is 0 Å². The molecule has 7 heteroatoms. The fourth-order valence-electron chi connectivity index (χ4n) is 2.27. The first-order chi connectivity index (χ1) is 9.82. The Balaban J connectivity index is 2.08. The van der Waals surface area contributed by atoms with Crippen LogP contribution in [-0.4, -0.2) is 42.0 Å². The van der Waals surface area contributed by atoms with Crippen molar-refractivity contribution in [3.05, 3.63) is 22.6 Å². The van der Waals surface area contributed by atoms with Crippen molar-refractivity contribution in [2.75, 3.05) is 13.1 Å². The van der Waals surface area contributed by atoms with Gasteiger partial charge in [0.2, 0.25) is 0 Å². The van der Waals surface area contributed by atoms with E-state index in [2.05, 4.69) is 5.32 Å². The van der Waals surface area contributed by atoms with E-state index >= 15 is 0 Å². The number of ether oxygens (including phenoxy) is 1. The predicted molar refractivity (Wildman–Crippen MR) is 72.9 cm³/mol. The van der Waals surface area contributed by atoms with Gasteiger partial charge in [0.05, 0.1) is 0 Å². The van der Waals surface area contributed by atoms with Gasteiger partial charge < -0.3 is 14.5 Å². The summed E-state index contributed by atoms with van der Waals surface area (Å²) in [4.78, 5) is 36.7. The van der Waals surface area contributed by atoms with E-state index in [1.807, 2.05) is 0 Å². The van der Waals surface area contributed by atoms with Crippen molar-refractivity contribution in [1.29, 1.82) is 0 Å². The highest BCUT2D eigenvalue weighted by Crippen LogP contribution is 2.22. The highest BCUT2D eigenvalue weighted by Gasteiger charge is 2.32.